The van der Waals surface area contributed by atoms with Crippen molar-refractivity contribution in [3.05, 3.63) is 87.6 Å². The van der Waals surface area contributed by atoms with Gasteiger partial charge in [-0.2, -0.15) is 13.5 Å². The van der Waals surface area contributed by atoms with Crippen molar-refractivity contribution in [1.82, 2.24) is 14.3 Å². The molecule has 0 saturated carbocycles. The zero-order valence-corrected chi connectivity index (χ0v) is 19.6. The Morgan fingerprint density at radius 2 is 1.86 bits per heavy atom. The van der Waals surface area contributed by atoms with Gasteiger partial charge in [-0.3, -0.25) is 14.3 Å². The van der Waals surface area contributed by atoms with Gasteiger partial charge in [0.15, 0.2) is 17.4 Å². The zero-order chi connectivity index (χ0) is 26.0. The highest BCUT2D eigenvalue weighted by atomic mass is 35.5. The molecule has 1 N–H and O–H groups in total. The Hall–Kier alpha value is -4.25. The van der Waals surface area contributed by atoms with Crippen LogP contribution in [0.1, 0.15) is 10.4 Å². The number of hydrogen-bond donors (Lipinski definition) is 1. The highest BCUT2D eigenvalue weighted by molar-refractivity contribution is 6.32. The topological polar surface area (TPSA) is 87.4 Å². The summed E-state index contributed by atoms with van der Waals surface area (Å²) in [4.78, 5) is 30.6. The molecule has 2 aromatic carbocycles. The average Bonchev–Trinajstić information content (AvgIpc) is 3.08. The molecule has 4 aromatic rings. The third kappa shape index (κ3) is 4.78. The van der Waals surface area contributed by atoms with Crippen molar-refractivity contribution in [3.63, 3.8) is 0 Å². The Bertz CT molecular complexity index is 1490. The highest BCUT2D eigenvalue weighted by Gasteiger charge is 2.25. The average molecular weight is 519 g/mol. The predicted molar refractivity (Wildman–Crippen MR) is 127 cm³/mol. The number of hydrogen-bond acceptors (Lipinski definition) is 5. The molecule has 0 spiro atoms. The number of ether oxygens (including phenoxy) is 2. The standard InChI is InChI=1S/C24H18ClF3N4O4/c1-31-20(14-7-10-18(35-2)17(26)12-14)19(23(34)32(31)21-16(25)4-3-11-29-21)30-22(33)13-5-8-15(9-6-13)36-24(27)28/h3-12,24H,1-2H3,(H,30,33). The van der Waals surface area contributed by atoms with Crippen LogP contribution in [-0.2, 0) is 7.05 Å². The maximum atomic E-state index is 14.5. The smallest absolute Gasteiger partial charge is 0.387 e. The maximum absolute atomic E-state index is 14.5. The number of halogens is 4. The van der Waals surface area contributed by atoms with Gasteiger partial charge in [0.05, 0.1) is 17.8 Å². The van der Waals surface area contributed by atoms with Crippen molar-refractivity contribution in [3.8, 4) is 28.6 Å². The molecular weight excluding hydrogens is 501 g/mol. The fourth-order valence-electron chi connectivity index (χ4n) is 3.61. The minimum absolute atomic E-state index is 0.00681. The molecule has 186 valence electrons. The second-order valence-electron chi connectivity index (χ2n) is 7.38. The van der Waals surface area contributed by atoms with Crippen molar-refractivity contribution >= 4 is 23.2 Å². The monoisotopic (exact) mass is 518 g/mol. The van der Waals surface area contributed by atoms with E-state index in [9.17, 15) is 22.8 Å². The van der Waals surface area contributed by atoms with E-state index in [0.29, 0.717) is 0 Å². The molecule has 2 aromatic heterocycles. The highest BCUT2D eigenvalue weighted by Crippen LogP contribution is 2.31. The number of methoxy groups -OCH3 is 1. The van der Waals surface area contributed by atoms with E-state index in [1.807, 2.05) is 0 Å². The van der Waals surface area contributed by atoms with Crippen LogP contribution < -0.4 is 20.3 Å². The molecule has 1 amide bonds. The lowest BCUT2D eigenvalue weighted by Gasteiger charge is -2.12. The van der Waals surface area contributed by atoms with Crippen molar-refractivity contribution in [1.29, 1.82) is 0 Å². The van der Waals surface area contributed by atoms with E-state index in [1.165, 1.54) is 67.5 Å². The summed E-state index contributed by atoms with van der Waals surface area (Å²) in [5, 5.41) is 2.71. The quantitative estimate of drug-likeness (QED) is 0.376. The molecule has 0 aliphatic carbocycles. The van der Waals surface area contributed by atoms with Gasteiger partial charge in [-0.1, -0.05) is 11.6 Å². The van der Waals surface area contributed by atoms with E-state index >= 15 is 0 Å². The summed E-state index contributed by atoms with van der Waals surface area (Å²) in [6, 6.07) is 12.1. The molecule has 0 saturated heterocycles. The van der Waals surface area contributed by atoms with Gasteiger partial charge in [-0.05, 0) is 54.6 Å². The number of carbonyl (C=O) groups is 1. The summed E-state index contributed by atoms with van der Waals surface area (Å²) in [5.41, 5.74) is -0.380. The second-order valence-corrected chi connectivity index (χ2v) is 7.79. The SMILES string of the molecule is COc1ccc(-c2c(NC(=O)c3ccc(OC(F)F)cc3)c(=O)n(-c3ncccc3Cl)n2C)cc1F. The molecule has 0 aliphatic rings. The lowest BCUT2D eigenvalue weighted by Crippen LogP contribution is -2.24. The molecule has 0 atom stereocenters. The number of nitrogens with one attached hydrogen (secondary N) is 1. The summed E-state index contributed by atoms with van der Waals surface area (Å²) in [6.45, 7) is -3.02. The van der Waals surface area contributed by atoms with Crippen LogP contribution >= 0.6 is 11.6 Å². The lowest BCUT2D eigenvalue weighted by molar-refractivity contribution is -0.0498. The van der Waals surface area contributed by atoms with E-state index in [1.54, 1.807) is 6.07 Å². The Labute approximate surface area is 207 Å². The summed E-state index contributed by atoms with van der Waals surface area (Å²) in [6.07, 6.45) is 1.44. The first-order valence-electron chi connectivity index (χ1n) is 10.3. The number of aromatic nitrogens is 3. The molecule has 12 heteroatoms. The van der Waals surface area contributed by atoms with Crippen LogP contribution in [0.15, 0.2) is 65.6 Å². The first kappa shape index (κ1) is 24.9. The minimum atomic E-state index is -3.02. The van der Waals surface area contributed by atoms with Crippen LogP contribution in [0.5, 0.6) is 11.5 Å². The number of rotatable bonds is 7. The van der Waals surface area contributed by atoms with Crippen LogP contribution in [0, 0.1) is 5.82 Å². The number of nitrogens with zero attached hydrogens (tertiary/aromatic N) is 3. The van der Waals surface area contributed by atoms with Crippen LogP contribution in [0.4, 0.5) is 18.9 Å². The van der Waals surface area contributed by atoms with E-state index in [4.69, 9.17) is 16.3 Å². The summed E-state index contributed by atoms with van der Waals surface area (Å²) in [5.74, 6) is -1.44. The van der Waals surface area contributed by atoms with Gasteiger partial charge >= 0.3 is 6.61 Å². The molecule has 36 heavy (non-hydrogen) atoms. The number of pyridine rings is 1. The van der Waals surface area contributed by atoms with E-state index < -0.39 is 23.9 Å². The fraction of sp³-hybridized carbons (Fsp3) is 0.125. The minimum Gasteiger partial charge on any atom is -0.494 e. The molecule has 2 heterocycles. The Balaban J connectivity index is 1.83. The Kier molecular flexibility index (Phi) is 7.02. The first-order valence-corrected chi connectivity index (χ1v) is 10.7. The number of amides is 1. The normalized spacial score (nSPS) is 11.0. The van der Waals surface area contributed by atoms with Crippen LogP contribution in [0.25, 0.3) is 17.1 Å². The lowest BCUT2D eigenvalue weighted by atomic mass is 10.1. The van der Waals surface area contributed by atoms with Crippen LogP contribution in [0.3, 0.4) is 0 Å². The first-order chi connectivity index (χ1) is 17.2. The van der Waals surface area contributed by atoms with Gasteiger partial charge in [-0.15, -0.1) is 0 Å². The van der Waals surface area contributed by atoms with Crippen LogP contribution in [0.2, 0.25) is 5.02 Å². The largest absolute Gasteiger partial charge is 0.494 e. The van der Waals surface area contributed by atoms with Gasteiger partial charge in [-0.25, -0.2) is 9.37 Å². The third-order valence-electron chi connectivity index (χ3n) is 5.21. The van der Waals surface area contributed by atoms with Gasteiger partial charge in [0, 0.05) is 24.4 Å². The van der Waals surface area contributed by atoms with Gasteiger partial charge in [0.1, 0.15) is 11.4 Å². The van der Waals surface area contributed by atoms with Crippen LogP contribution in [-0.4, -0.2) is 34.0 Å². The fourth-order valence-corrected chi connectivity index (χ4v) is 3.81. The third-order valence-corrected chi connectivity index (χ3v) is 5.51. The number of benzene rings is 2. The maximum Gasteiger partial charge on any atom is 0.387 e. The molecule has 0 radical (unpaired) electrons. The molecule has 0 bridgehead atoms. The summed E-state index contributed by atoms with van der Waals surface area (Å²) < 4.78 is 51.1. The molecule has 8 nitrogen and oxygen atoms in total. The van der Waals surface area contributed by atoms with Gasteiger partial charge < -0.3 is 14.8 Å². The van der Waals surface area contributed by atoms with E-state index in [-0.39, 0.29) is 44.8 Å². The van der Waals surface area contributed by atoms with Crippen molar-refractivity contribution < 1.29 is 27.4 Å². The number of anilines is 1. The number of carbonyl (C=O) groups excluding carboxylic acids is 1. The predicted octanol–water partition coefficient (Wildman–Crippen LogP) is 4.89. The van der Waals surface area contributed by atoms with Gasteiger partial charge in [0.2, 0.25) is 0 Å². The van der Waals surface area contributed by atoms with Crippen molar-refractivity contribution in [2.45, 2.75) is 6.61 Å². The summed E-state index contributed by atoms with van der Waals surface area (Å²) >= 11 is 6.26. The number of alkyl halides is 2. The molecule has 0 unspecified atom stereocenters. The van der Waals surface area contributed by atoms with E-state index in [2.05, 4.69) is 15.0 Å². The Morgan fingerprint density at radius 1 is 1.14 bits per heavy atom. The molecular formula is C24H18ClF3N4O4. The Morgan fingerprint density at radius 3 is 2.47 bits per heavy atom. The van der Waals surface area contributed by atoms with E-state index in [0.717, 1.165) is 10.7 Å². The molecule has 4 rings (SSSR count). The molecule has 0 fully saturated rings. The summed E-state index contributed by atoms with van der Waals surface area (Å²) in [7, 11) is 2.84. The second kappa shape index (κ2) is 10.2. The van der Waals surface area contributed by atoms with Gasteiger partial charge in [0.25, 0.3) is 11.5 Å². The zero-order valence-electron chi connectivity index (χ0n) is 18.8. The van der Waals surface area contributed by atoms with Crippen molar-refractivity contribution in [2.75, 3.05) is 12.4 Å². The molecule has 0 aliphatic heterocycles. The van der Waals surface area contributed by atoms with Crippen molar-refractivity contribution in [2.24, 2.45) is 7.05 Å².